The van der Waals surface area contributed by atoms with Crippen LogP contribution in [0.4, 0.5) is 0 Å². The number of fused-ring (bicyclic) bond motifs is 1. The summed E-state index contributed by atoms with van der Waals surface area (Å²) in [6.07, 6.45) is -5.76. The Balaban J connectivity index is 1.91. The molecule has 12 nitrogen and oxygen atoms in total. The Morgan fingerprint density at radius 3 is 2.40 bits per heavy atom. The van der Waals surface area contributed by atoms with Crippen LogP contribution in [0.25, 0.3) is 0 Å². The van der Waals surface area contributed by atoms with Crippen LogP contribution in [0.15, 0.2) is 24.0 Å². The minimum absolute atomic E-state index is 0.00670. The van der Waals surface area contributed by atoms with Crippen molar-refractivity contribution in [3.05, 3.63) is 24.0 Å². The second kappa shape index (κ2) is 8.59. The van der Waals surface area contributed by atoms with Gasteiger partial charge in [-0.05, 0) is 6.08 Å². The van der Waals surface area contributed by atoms with E-state index in [2.05, 4.69) is 4.74 Å². The molecule has 0 aromatic heterocycles. The van der Waals surface area contributed by atoms with Crippen molar-refractivity contribution in [3.8, 4) is 0 Å². The fourth-order valence-electron chi connectivity index (χ4n) is 3.83. The van der Waals surface area contributed by atoms with Crippen molar-refractivity contribution in [2.75, 3.05) is 20.8 Å². The third kappa shape index (κ3) is 3.60. The van der Waals surface area contributed by atoms with Gasteiger partial charge in [0.15, 0.2) is 11.9 Å². The molecule has 0 spiro atoms. The Morgan fingerprint density at radius 2 is 1.80 bits per heavy atom. The molecule has 0 radical (unpaired) electrons. The van der Waals surface area contributed by atoms with E-state index in [1.807, 2.05) is 0 Å². The van der Waals surface area contributed by atoms with Gasteiger partial charge in [0.25, 0.3) is 0 Å². The SMILES string of the molecule is COC(=O)C1=COC(OC2OC(CO)C(O)C(O)C2O)C2C1C=CC2(O)C(=O)OC. The maximum absolute atomic E-state index is 12.3. The summed E-state index contributed by atoms with van der Waals surface area (Å²) in [6.45, 7) is -0.678. The summed E-state index contributed by atoms with van der Waals surface area (Å²) < 4.78 is 25.6. The molecule has 0 aromatic rings. The molecular weight excluding hydrogens is 408 g/mol. The number of aliphatic hydroxyl groups excluding tert-OH is 4. The van der Waals surface area contributed by atoms with E-state index in [9.17, 15) is 35.1 Å². The normalized spacial score (nSPS) is 42.7. The van der Waals surface area contributed by atoms with Gasteiger partial charge in [0, 0.05) is 5.92 Å². The summed E-state index contributed by atoms with van der Waals surface area (Å²) >= 11 is 0. The van der Waals surface area contributed by atoms with E-state index >= 15 is 0 Å². The molecule has 30 heavy (non-hydrogen) atoms. The smallest absolute Gasteiger partial charge is 0.342 e. The van der Waals surface area contributed by atoms with Gasteiger partial charge < -0.3 is 49.2 Å². The van der Waals surface area contributed by atoms with Crippen LogP contribution in [-0.4, -0.2) is 101 Å². The van der Waals surface area contributed by atoms with Gasteiger partial charge in [-0.3, -0.25) is 0 Å². The molecule has 2 aliphatic heterocycles. The summed E-state index contributed by atoms with van der Waals surface area (Å²) in [6, 6.07) is 0. The van der Waals surface area contributed by atoms with Crippen LogP contribution in [0.1, 0.15) is 0 Å². The van der Waals surface area contributed by atoms with Crippen LogP contribution in [0, 0.1) is 11.8 Å². The first kappa shape index (κ1) is 22.6. The van der Waals surface area contributed by atoms with Gasteiger partial charge in [-0.2, -0.15) is 0 Å². The Kier molecular flexibility index (Phi) is 6.48. The predicted molar refractivity (Wildman–Crippen MR) is 92.9 cm³/mol. The molecule has 9 atom stereocenters. The lowest BCUT2D eigenvalue weighted by Gasteiger charge is -2.44. The fraction of sp³-hybridized carbons (Fsp3) is 0.667. The molecule has 1 fully saturated rings. The maximum Gasteiger partial charge on any atom is 0.342 e. The van der Waals surface area contributed by atoms with E-state index in [1.54, 1.807) is 0 Å². The molecular formula is C18H24O12. The minimum atomic E-state index is -2.24. The van der Waals surface area contributed by atoms with Crippen LogP contribution in [0.2, 0.25) is 0 Å². The zero-order chi connectivity index (χ0) is 22.2. The quantitative estimate of drug-likeness (QED) is 0.219. The summed E-state index contributed by atoms with van der Waals surface area (Å²) in [4.78, 5) is 24.3. The second-order valence-electron chi connectivity index (χ2n) is 7.13. The number of aliphatic hydroxyl groups is 5. The van der Waals surface area contributed by atoms with Crippen molar-refractivity contribution in [1.29, 1.82) is 0 Å². The van der Waals surface area contributed by atoms with Gasteiger partial charge in [0.1, 0.15) is 24.4 Å². The third-order valence-electron chi connectivity index (χ3n) is 5.48. The zero-order valence-electron chi connectivity index (χ0n) is 16.2. The highest BCUT2D eigenvalue weighted by Crippen LogP contribution is 2.46. The van der Waals surface area contributed by atoms with Crippen molar-refractivity contribution >= 4 is 11.9 Å². The van der Waals surface area contributed by atoms with Gasteiger partial charge in [-0.15, -0.1) is 0 Å². The Labute approximate surface area is 170 Å². The van der Waals surface area contributed by atoms with Crippen LogP contribution in [0.5, 0.6) is 0 Å². The van der Waals surface area contributed by atoms with Crippen LogP contribution < -0.4 is 0 Å². The van der Waals surface area contributed by atoms with Gasteiger partial charge in [0.05, 0.1) is 38.6 Å². The Bertz CT molecular complexity index is 733. The average molecular weight is 432 g/mol. The van der Waals surface area contributed by atoms with Crippen LogP contribution in [-0.2, 0) is 33.3 Å². The van der Waals surface area contributed by atoms with Crippen molar-refractivity contribution in [3.63, 3.8) is 0 Å². The van der Waals surface area contributed by atoms with E-state index in [0.29, 0.717) is 0 Å². The molecule has 0 aromatic carbocycles. The molecule has 2 heterocycles. The number of hydrogen-bond acceptors (Lipinski definition) is 12. The van der Waals surface area contributed by atoms with Gasteiger partial charge in [-0.1, -0.05) is 6.08 Å². The monoisotopic (exact) mass is 432 g/mol. The Morgan fingerprint density at radius 1 is 1.10 bits per heavy atom. The topological polar surface area (TPSA) is 181 Å². The van der Waals surface area contributed by atoms with Gasteiger partial charge in [0.2, 0.25) is 6.29 Å². The largest absolute Gasteiger partial charge is 0.471 e. The predicted octanol–water partition coefficient (Wildman–Crippen LogP) is -3.08. The molecule has 168 valence electrons. The second-order valence-corrected chi connectivity index (χ2v) is 7.13. The summed E-state index contributed by atoms with van der Waals surface area (Å²) in [5.74, 6) is -3.90. The van der Waals surface area contributed by atoms with E-state index < -0.39 is 73.0 Å². The van der Waals surface area contributed by atoms with Gasteiger partial charge in [-0.25, -0.2) is 9.59 Å². The average Bonchev–Trinajstić information content (AvgIpc) is 3.12. The first-order chi connectivity index (χ1) is 14.2. The lowest BCUT2D eigenvalue weighted by atomic mass is 9.79. The number of allylic oxidation sites excluding steroid dienone is 1. The molecule has 1 saturated heterocycles. The third-order valence-corrected chi connectivity index (χ3v) is 5.48. The lowest BCUT2D eigenvalue weighted by molar-refractivity contribution is -0.345. The highest BCUT2D eigenvalue weighted by atomic mass is 16.8. The van der Waals surface area contributed by atoms with E-state index in [4.69, 9.17) is 18.9 Å². The number of methoxy groups -OCH3 is 2. The first-order valence-corrected chi connectivity index (χ1v) is 9.09. The summed E-state index contributed by atoms with van der Waals surface area (Å²) in [5, 5.41) is 50.3. The molecule has 0 bridgehead atoms. The highest BCUT2D eigenvalue weighted by Gasteiger charge is 2.59. The number of ether oxygens (including phenoxy) is 5. The fourth-order valence-corrected chi connectivity index (χ4v) is 3.83. The molecule has 3 rings (SSSR count). The van der Waals surface area contributed by atoms with E-state index in [0.717, 1.165) is 26.6 Å². The molecule has 9 unspecified atom stereocenters. The molecule has 3 aliphatic rings. The molecule has 5 N–H and O–H groups in total. The molecule has 0 amide bonds. The highest BCUT2D eigenvalue weighted by molar-refractivity contribution is 5.91. The van der Waals surface area contributed by atoms with Crippen LogP contribution >= 0.6 is 0 Å². The summed E-state index contributed by atoms with van der Waals surface area (Å²) in [7, 11) is 2.22. The van der Waals surface area contributed by atoms with Crippen molar-refractivity contribution < 1.29 is 58.8 Å². The van der Waals surface area contributed by atoms with Crippen molar-refractivity contribution in [1.82, 2.24) is 0 Å². The number of rotatable bonds is 5. The standard InChI is InChI=1S/C18H24O12/c1-26-14(23)8-6-28-15(10-7(8)3-4-18(10,25)17(24)27-2)30-16-13(22)12(21)11(20)9(5-19)29-16/h3-4,6-7,9-13,15-16,19-22,25H,5H2,1-2H3. The summed E-state index contributed by atoms with van der Waals surface area (Å²) in [5.41, 5.74) is -2.24. The zero-order valence-corrected chi connectivity index (χ0v) is 16.2. The molecule has 1 aliphatic carbocycles. The minimum Gasteiger partial charge on any atom is -0.471 e. The van der Waals surface area contributed by atoms with Gasteiger partial charge >= 0.3 is 11.9 Å². The molecule has 12 heteroatoms. The number of hydrogen-bond donors (Lipinski definition) is 5. The Hall–Kier alpha value is -2.06. The maximum atomic E-state index is 12.3. The van der Waals surface area contributed by atoms with E-state index in [-0.39, 0.29) is 5.57 Å². The lowest BCUT2D eigenvalue weighted by Crippen LogP contribution is -2.61. The molecule has 0 saturated carbocycles. The first-order valence-electron chi connectivity index (χ1n) is 9.09. The van der Waals surface area contributed by atoms with Crippen molar-refractivity contribution in [2.45, 2.75) is 42.6 Å². The van der Waals surface area contributed by atoms with Crippen LogP contribution in [0.3, 0.4) is 0 Å². The van der Waals surface area contributed by atoms with Crippen molar-refractivity contribution in [2.24, 2.45) is 11.8 Å². The number of esters is 2. The number of carbonyl (C=O) groups excluding carboxylic acids is 2. The number of carbonyl (C=O) groups is 2. The van der Waals surface area contributed by atoms with E-state index in [1.165, 1.54) is 6.08 Å².